The lowest BCUT2D eigenvalue weighted by atomic mass is 9.67. The van der Waals surface area contributed by atoms with Crippen molar-refractivity contribution in [2.75, 3.05) is 7.05 Å². The molecule has 1 aliphatic carbocycles. The minimum atomic E-state index is 0.251. The molecule has 1 aliphatic rings. The zero-order chi connectivity index (χ0) is 14.8. The molecule has 0 spiro atoms. The third-order valence-electron chi connectivity index (χ3n) is 6.20. The van der Waals surface area contributed by atoms with E-state index in [0.717, 1.165) is 5.92 Å². The molecule has 114 valence electrons. The van der Waals surface area contributed by atoms with Gasteiger partial charge in [0.15, 0.2) is 0 Å². The minimum absolute atomic E-state index is 0.251. The van der Waals surface area contributed by atoms with Crippen molar-refractivity contribution in [3.05, 3.63) is 0 Å². The Morgan fingerprint density at radius 3 is 2.11 bits per heavy atom. The van der Waals surface area contributed by atoms with Crippen LogP contribution in [0.25, 0.3) is 0 Å². The first-order valence-electron chi connectivity index (χ1n) is 8.14. The molecule has 0 radical (unpaired) electrons. The monoisotopic (exact) mass is 268 g/mol. The number of hydrogen-bond acceptors (Lipinski definition) is 2. The number of nitrogens with two attached hydrogens (primary N) is 1. The number of rotatable bonds is 5. The summed E-state index contributed by atoms with van der Waals surface area (Å²) >= 11 is 0. The number of likely N-dealkylation sites (N-methyl/N-ethyl adjacent to an activating group) is 1. The average molecular weight is 268 g/mol. The lowest BCUT2D eigenvalue weighted by Crippen LogP contribution is -2.57. The van der Waals surface area contributed by atoms with Gasteiger partial charge < -0.3 is 5.73 Å². The molecule has 2 N–H and O–H groups in total. The third kappa shape index (κ3) is 3.72. The first kappa shape index (κ1) is 17.0. The molecule has 0 amide bonds. The summed E-state index contributed by atoms with van der Waals surface area (Å²) in [7, 11) is 2.27. The van der Waals surface area contributed by atoms with E-state index in [1.807, 2.05) is 0 Å². The van der Waals surface area contributed by atoms with E-state index >= 15 is 0 Å². The lowest BCUT2D eigenvalue weighted by molar-refractivity contribution is 0.0208. The average Bonchev–Trinajstić information content (AvgIpc) is 2.38. The fourth-order valence-corrected chi connectivity index (χ4v) is 3.31. The van der Waals surface area contributed by atoms with Gasteiger partial charge in [0, 0.05) is 17.6 Å². The molecule has 2 nitrogen and oxygen atoms in total. The smallest absolute Gasteiger partial charge is 0.0252 e. The molecular formula is C17H36N2. The summed E-state index contributed by atoms with van der Waals surface area (Å²) in [6, 6.07) is 0.888. The third-order valence-corrected chi connectivity index (χ3v) is 6.20. The van der Waals surface area contributed by atoms with Crippen molar-refractivity contribution in [3.63, 3.8) is 0 Å². The van der Waals surface area contributed by atoms with E-state index in [1.165, 1.54) is 32.1 Å². The van der Waals surface area contributed by atoms with Crippen molar-refractivity contribution in [1.29, 1.82) is 0 Å². The van der Waals surface area contributed by atoms with Gasteiger partial charge in [-0.25, -0.2) is 0 Å². The molecule has 3 unspecified atom stereocenters. The summed E-state index contributed by atoms with van der Waals surface area (Å²) in [5.74, 6) is 0.817. The summed E-state index contributed by atoms with van der Waals surface area (Å²) in [4.78, 5) is 2.55. The Morgan fingerprint density at radius 2 is 1.63 bits per heavy atom. The fraction of sp³-hybridized carbons (Fsp3) is 1.00. The Morgan fingerprint density at radius 1 is 1.05 bits per heavy atom. The summed E-state index contributed by atoms with van der Waals surface area (Å²) < 4.78 is 0. The van der Waals surface area contributed by atoms with Gasteiger partial charge in [0.2, 0.25) is 0 Å². The Hall–Kier alpha value is -0.0800. The Balaban J connectivity index is 2.82. The number of hydrogen-bond donors (Lipinski definition) is 1. The highest BCUT2D eigenvalue weighted by Gasteiger charge is 2.40. The maximum atomic E-state index is 6.44. The molecule has 1 fully saturated rings. The normalized spacial score (nSPS) is 29.8. The van der Waals surface area contributed by atoms with Gasteiger partial charge in [-0.05, 0) is 57.9 Å². The van der Waals surface area contributed by atoms with Crippen molar-refractivity contribution in [3.8, 4) is 0 Å². The summed E-state index contributed by atoms with van der Waals surface area (Å²) in [5, 5.41) is 0. The van der Waals surface area contributed by atoms with Gasteiger partial charge in [-0.2, -0.15) is 0 Å². The van der Waals surface area contributed by atoms with Crippen molar-refractivity contribution in [1.82, 2.24) is 4.90 Å². The van der Waals surface area contributed by atoms with Crippen LogP contribution in [0.15, 0.2) is 0 Å². The summed E-state index contributed by atoms with van der Waals surface area (Å²) in [5.41, 5.74) is 7.14. The van der Waals surface area contributed by atoms with E-state index < -0.39 is 0 Å². The quantitative estimate of drug-likeness (QED) is 0.815. The SMILES string of the molecule is CCC(C)(C)C1CCC(N)C(N(C)C(C)(C)CC)C1. The molecule has 19 heavy (non-hydrogen) atoms. The maximum Gasteiger partial charge on any atom is 0.0252 e. The highest BCUT2D eigenvalue weighted by atomic mass is 15.2. The summed E-state index contributed by atoms with van der Waals surface area (Å²) in [6.07, 6.45) is 6.19. The Bertz CT molecular complexity index is 283. The lowest BCUT2D eigenvalue weighted by Gasteiger charge is -2.49. The van der Waals surface area contributed by atoms with Crippen LogP contribution >= 0.6 is 0 Å². The van der Waals surface area contributed by atoms with Crippen molar-refractivity contribution >= 4 is 0 Å². The van der Waals surface area contributed by atoms with E-state index in [0.29, 0.717) is 17.5 Å². The second kappa shape index (κ2) is 6.13. The molecule has 0 saturated heterocycles. The van der Waals surface area contributed by atoms with Crippen LogP contribution in [0.4, 0.5) is 0 Å². The second-order valence-electron chi connectivity index (χ2n) is 7.86. The molecule has 1 saturated carbocycles. The van der Waals surface area contributed by atoms with E-state index in [1.54, 1.807) is 0 Å². The van der Waals surface area contributed by atoms with Gasteiger partial charge in [-0.15, -0.1) is 0 Å². The zero-order valence-corrected chi connectivity index (χ0v) is 14.3. The molecule has 0 aromatic carbocycles. The van der Waals surface area contributed by atoms with Gasteiger partial charge in [0.25, 0.3) is 0 Å². The molecule has 3 atom stereocenters. The molecule has 0 bridgehead atoms. The standard InChI is InChI=1S/C17H36N2/c1-8-16(3,4)13-10-11-14(18)15(12-13)19(7)17(5,6)9-2/h13-15H,8-12,18H2,1-7H3. The number of nitrogens with zero attached hydrogens (tertiary/aromatic N) is 1. The summed E-state index contributed by atoms with van der Waals surface area (Å²) in [6.45, 7) is 14.1. The van der Waals surface area contributed by atoms with Crippen LogP contribution in [0.5, 0.6) is 0 Å². The molecule has 1 rings (SSSR count). The predicted molar refractivity (Wildman–Crippen MR) is 85.3 cm³/mol. The first-order valence-corrected chi connectivity index (χ1v) is 8.14. The maximum absolute atomic E-state index is 6.44. The van der Waals surface area contributed by atoms with Gasteiger partial charge in [0.1, 0.15) is 0 Å². The molecule has 0 aromatic heterocycles. The molecule has 2 heteroatoms. The van der Waals surface area contributed by atoms with E-state index in [-0.39, 0.29) is 5.54 Å². The van der Waals surface area contributed by atoms with Crippen LogP contribution in [0.3, 0.4) is 0 Å². The minimum Gasteiger partial charge on any atom is -0.326 e. The topological polar surface area (TPSA) is 29.3 Å². The molecule has 0 aliphatic heterocycles. The zero-order valence-electron chi connectivity index (χ0n) is 14.3. The van der Waals surface area contributed by atoms with Crippen LogP contribution in [0, 0.1) is 11.3 Å². The highest BCUT2D eigenvalue weighted by molar-refractivity contribution is 4.96. The largest absolute Gasteiger partial charge is 0.326 e. The van der Waals surface area contributed by atoms with Crippen molar-refractivity contribution in [2.24, 2.45) is 17.1 Å². The Kier molecular flexibility index (Phi) is 5.48. The second-order valence-corrected chi connectivity index (χ2v) is 7.86. The van der Waals surface area contributed by atoms with Gasteiger partial charge >= 0.3 is 0 Å². The first-order chi connectivity index (χ1) is 8.65. The molecule has 0 heterocycles. The van der Waals surface area contributed by atoms with Gasteiger partial charge in [-0.3, -0.25) is 4.90 Å². The van der Waals surface area contributed by atoms with Crippen LogP contribution in [-0.4, -0.2) is 29.6 Å². The van der Waals surface area contributed by atoms with Crippen molar-refractivity contribution in [2.45, 2.75) is 91.3 Å². The van der Waals surface area contributed by atoms with Crippen LogP contribution in [-0.2, 0) is 0 Å². The van der Waals surface area contributed by atoms with Crippen LogP contribution in [0.1, 0.15) is 73.6 Å². The predicted octanol–water partition coefficient (Wildman–Crippen LogP) is 4.04. The van der Waals surface area contributed by atoms with E-state index in [4.69, 9.17) is 5.73 Å². The highest BCUT2D eigenvalue weighted by Crippen LogP contribution is 2.42. The van der Waals surface area contributed by atoms with Crippen LogP contribution < -0.4 is 5.73 Å². The van der Waals surface area contributed by atoms with E-state index in [2.05, 4.69) is 53.5 Å². The molecular weight excluding hydrogens is 232 g/mol. The molecule has 0 aromatic rings. The van der Waals surface area contributed by atoms with Gasteiger partial charge in [0.05, 0.1) is 0 Å². The van der Waals surface area contributed by atoms with E-state index in [9.17, 15) is 0 Å². The van der Waals surface area contributed by atoms with Crippen LogP contribution in [0.2, 0.25) is 0 Å². The van der Waals surface area contributed by atoms with Gasteiger partial charge in [-0.1, -0.05) is 34.1 Å². The fourth-order valence-electron chi connectivity index (χ4n) is 3.31. The van der Waals surface area contributed by atoms with Crippen molar-refractivity contribution < 1.29 is 0 Å². The Labute approximate surface area is 121 Å².